The van der Waals surface area contributed by atoms with Gasteiger partial charge in [0.1, 0.15) is 6.10 Å². The van der Waals surface area contributed by atoms with Gasteiger partial charge in [0.15, 0.2) is 5.78 Å². The Kier molecular flexibility index (Phi) is 4.63. The van der Waals surface area contributed by atoms with Gasteiger partial charge in [-0.3, -0.25) is 4.79 Å². The molecule has 1 aliphatic rings. The maximum atomic E-state index is 12.2. The summed E-state index contributed by atoms with van der Waals surface area (Å²) in [6, 6.07) is 7.95. The van der Waals surface area contributed by atoms with Gasteiger partial charge in [-0.25, -0.2) is 0 Å². The maximum Gasteiger partial charge on any atom is 0.192 e. The van der Waals surface area contributed by atoms with E-state index >= 15 is 0 Å². The van der Waals surface area contributed by atoms with Crippen molar-refractivity contribution in [3.8, 4) is 0 Å². The molecule has 1 fully saturated rings. The van der Waals surface area contributed by atoms with E-state index in [0.29, 0.717) is 6.61 Å². The predicted octanol–water partition coefficient (Wildman–Crippen LogP) is 2.95. The molecule has 17 heavy (non-hydrogen) atoms. The Morgan fingerprint density at radius 3 is 3.12 bits per heavy atom. The molecule has 1 unspecified atom stereocenters. The summed E-state index contributed by atoms with van der Waals surface area (Å²) in [6.07, 6.45) is 1.89. The van der Waals surface area contributed by atoms with Gasteiger partial charge in [-0.05, 0) is 18.1 Å². The average molecular weight is 250 g/mol. The van der Waals surface area contributed by atoms with E-state index in [1.165, 1.54) is 5.56 Å². The summed E-state index contributed by atoms with van der Waals surface area (Å²) in [5, 5.41) is 0. The Hall–Kier alpha value is -0.800. The molecule has 92 valence electrons. The largest absolute Gasteiger partial charge is 0.368 e. The summed E-state index contributed by atoms with van der Waals surface area (Å²) < 4.78 is 5.52. The first-order valence-electron chi connectivity index (χ1n) is 6.13. The molecule has 0 aliphatic carbocycles. The molecular formula is C14H18O2S. The normalized spacial score (nSPS) is 20.2. The van der Waals surface area contributed by atoms with E-state index in [1.807, 2.05) is 18.2 Å². The molecule has 0 amide bonds. The van der Waals surface area contributed by atoms with E-state index in [1.54, 1.807) is 11.8 Å². The minimum Gasteiger partial charge on any atom is -0.368 e. The number of hydrogen-bond donors (Lipinski definition) is 0. The highest BCUT2D eigenvalue weighted by Crippen LogP contribution is 2.18. The molecule has 0 radical (unpaired) electrons. The second-order valence-corrected chi connectivity index (χ2v) is 5.40. The second-order valence-electron chi connectivity index (χ2n) is 4.25. The van der Waals surface area contributed by atoms with E-state index in [9.17, 15) is 4.79 Å². The summed E-state index contributed by atoms with van der Waals surface area (Å²) in [4.78, 5) is 12.2. The Morgan fingerprint density at radius 1 is 1.53 bits per heavy atom. The number of ether oxygens (including phenoxy) is 1. The van der Waals surface area contributed by atoms with Gasteiger partial charge in [-0.1, -0.05) is 31.5 Å². The van der Waals surface area contributed by atoms with Gasteiger partial charge in [-0.2, -0.15) is 11.8 Å². The number of Topliss-reactive ketones (excluding diaryl/α,β-unsaturated/α-hetero) is 1. The lowest BCUT2D eigenvalue weighted by molar-refractivity contribution is 0.0518. The quantitative estimate of drug-likeness (QED) is 0.769. The van der Waals surface area contributed by atoms with Crippen molar-refractivity contribution in [1.29, 1.82) is 0 Å². The van der Waals surface area contributed by atoms with Crippen LogP contribution in [0.25, 0.3) is 0 Å². The van der Waals surface area contributed by atoms with Crippen LogP contribution >= 0.6 is 11.8 Å². The van der Waals surface area contributed by atoms with Crippen molar-refractivity contribution < 1.29 is 9.53 Å². The summed E-state index contributed by atoms with van der Waals surface area (Å²) in [7, 11) is 0. The van der Waals surface area contributed by atoms with Crippen LogP contribution < -0.4 is 0 Å². The molecule has 1 atom stereocenters. The first-order valence-corrected chi connectivity index (χ1v) is 7.29. The van der Waals surface area contributed by atoms with Crippen LogP contribution in [-0.2, 0) is 11.2 Å². The zero-order valence-corrected chi connectivity index (χ0v) is 11.0. The van der Waals surface area contributed by atoms with Crippen LogP contribution in [0.15, 0.2) is 24.3 Å². The molecule has 1 aliphatic heterocycles. The smallest absolute Gasteiger partial charge is 0.192 e. The molecule has 1 aromatic rings. The zero-order valence-electron chi connectivity index (χ0n) is 10.1. The average Bonchev–Trinajstić information content (AvgIpc) is 2.40. The van der Waals surface area contributed by atoms with Crippen LogP contribution in [0, 0.1) is 0 Å². The van der Waals surface area contributed by atoms with Crippen molar-refractivity contribution in [2.75, 3.05) is 18.1 Å². The molecule has 0 saturated carbocycles. The van der Waals surface area contributed by atoms with Gasteiger partial charge in [0.05, 0.1) is 6.61 Å². The molecule has 1 saturated heterocycles. The summed E-state index contributed by atoms with van der Waals surface area (Å²) >= 11 is 1.79. The molecule has 2 rings (SSSR count). The zero-order chi connectivity index (χ0) is 12.1. The number of carbonyl (C=O) groups is 1. The van der Waals surface area contributed by atoms with Crippen LogP contribution in [0.1, 0.15) is 29.3 Å². The molecule has 0 spiro atoms. The molecule has 0 N–H and O–H groups in total. The van der Waals surface area contributed by atoms with E-state index in [0.717, 1.165) is 29.9 Å². The Labute approximate surface area is 107 Å². The van der Waals surface area contributed by atoms with Crippen LogP contribution in [0.3, 0.4) is 0 Å². The van der Waals surface area contributed by atoms with Crippen molar-refractivity contribution in [1.82, 2.24) is 0 Å². The Balaban J connectivity index is 2.09. The van der Waals surface area contributed by atoms with Crippen molar-refractivity contribution in [2.24, 2.45) is 0 Å². The predicted molar refractivity (Wildman–Crippen MR) is 71.8 cm³/mol. The van der Waals surface area contributed by atoms with Gasteiger partial charge >= 0.3 is 0 Å². The minimum atomic E-state index is -0.245. The number of rotatable bonds is 4. The van der Waals surface area contributed by atoms with E-state index in [4.69, 9.17) is 4.74 Å². The SMILES string of the molecule is CCCc1cccc(C(=O)C2CSCCO2)c1. The summed E-state index contributed by atoms with van der Waals surface area (Å²) in [5.41, 5.74) is 2.03. The Bertz CT molecular complexity index is 384. The van der Waals surface area contributed by atoms with E-state index in [-0.39, 0.29) is 11.9 Å². The van der Waals surface area contributed by atoms with Crippen molar-refractivity contribution in [3.05, 3.63) is 35.4 Å². The number of ketones is 1. The maximum absolute atomic E-state index is 12.2. The van der Waals surface area contributed by atoms with Crippen molar-refractivity contribution >= 4 is 17.5 Å². The molecule has 3 heteroatoms. The topological polar surface area (TPSA) is 26.3 Å². The van der Waals surface area contributed by atoms with E-state index < -0.39 is 0 Å². The third kappa shape index (κ3) is 3.33. The van der Waals surface area contributed by atoms with Crippen LogP contribution in [-0.4, -0.2) is 30.0 Å². The molecule has 1 heterocycles. The lowest BCUT2D eigenvalue weighted by atomic mass is 10.0. The first-order chi connectivity index (χ1) is 8.31. The summed E-state index contributed by atoms with van der Waals surface area (Å²) in [5.74, 6) is 1.92. The van der Waals surface area contributed by atoms with Gasteiger partial charge in [0.25, 0.3) is 0 Å². The monoisotopic (exact) mass is 250 g/mol. The van der Waals surface area contributed by atoms with Crippen molar-refractivity contribution in [2.45, 2.75) is 25.9 Å². The third-order valence-corrected chi connectivity index (χ3v) is 3.85. The lowest BCUT2D eigenvalue weighted by Gasteiger charge is -2.21. The van der Waals surface area contributed by atoms with Crippen molar-refractivity contribution in [3.63, 3.8) is 0 Å². The van der Waals surface area contributed by atoms with Gasteiger partial charge in [0, 0.05) is 17.1 Å². The molecular weight excluding hydrogens is 232 g/mol. The molecule has 2 nitrogen and oxygen atoms in total. The highest BCUT2D eigenvalue weighted by molar-refractivity contribution is 7.99. The molecule has 0 aromatic heterocycles. The number of thioether (sulfide) groups is 1. The third-order valence-electron chi connectivity index (χ3n) is 2.86. The molecule has 1 aromatic carbocycles. The van der Waals surface area contributed by atoms with Crippen LogP contribution in [0.2, 0.25) is 0 Å². The number of carbonyl (C=O) groups excluding carboxylic acids is 1. The van der Waals surface area contributed by atoms with Gasteiger partial charge in [-0.15, -0.1) is 0 Å². The minimum absolute atomic E-state index is 0.134. The highest BCUT2D eigenvalue weighted by atomic mass is 32.2. The lowest BCUT2D eigenvalue weighted by Crippen LogP contribution is -2.31. The number of aryl methyl sites for hydroxylation is 1. The standard InChI is InChI=1S/C14H18O2S/c1-2-4-11-5-3-6-12(9-11)14(15)13-10-17-8-7-16-13/h3,5-6,9,13H,2,4,7-8,10H2,1H3. The van der Waals surface area contributed by atoms with Crippen LogP contribution in [0.4, 0.5) is 0 Å². The Morgan fingerprint density at radius 2 is 2.41 bits per heavy atom. The highest BCUT2D eigenvalue weighted by Gasteiger charge is 2.23. The van der Waals surface area contributed by atoms with Crippen LogP contribution in [0.5, 0.6) is 0 Å². The fraction of sp³-hybridized carbons (Fsp3) is 0.500. The number of benzene rings is 1. The van der Waals surface area contributed by atoms with E-state index in [2.05, 4.69) is 13.0 Å². The van der Waals surface area contributed by atoms with Gasteiger partial charge in [0.2, 0.25) is 0 Å². The number of hydrogen-bond acceptors (Lipinski definition) is 3. The first kappa shape index (κ1) is 12.7. The molecule has 0 bridgehead atoms. The second kappa shape index (κ2) is 6.22. The van der Waals surface area contributed by atoms with Gasteiger partial charge < -0.3 is 4.74 Å². The summed E-state index contributed by atoms with van der Waals surface area (Å²) in [6.45, 7) is 2.84. The fourth-order valence-electron chi connectivity index (χ4n) is 1.99. The fourth-order valence-corrected chi connectivity index (χ4v) is 2.84.